The van der Waals surface area contributed by atoms with Gasteiger partial charge in [-0.05, 0) is 65.5 Å². The molecule has 0 radical (unpaired) electrons. The fourth-order valence-electron chi connectivity index (χ4n) is 5.79. The molecule has 1 heterocycles. The first-order chi connectivity index (χ1) is 23.6. The van der Waals surface area contributed by atoms with Crippen LogP contribution in [-0.2, 0) is 33.6 Å². The van der Waals surface area contributed by atoms with Crippen molar-refractivity contribution in [3.05, 3.63) is 131 Å². The monoisotopic (exact) mass is 678 g/mol. The predicted molar refractivity (Wildman–Crippen MR) is 201 cm³/mol. The molecule has 0 aliphatic heterocycles. The largest absolute Gasteiger partial charge is 0.354 e. The van der Waals surface area contributed by atoms with E-state index in [-0.39, 0.29) is 23.3 Å². The quantitative estimate of drug-likeness (QED) is 0.122. The average molecular weight is 679 g/mol. The number of nitrogens with one attached hydrogen (secondary N) is 1. The Morgan fingerprint density at radius 2 is 1.41 bits per heavy atom. The van der Waals surface area contributed by atoms with Gasteiger partial charge in [0.15, 0.2) is 0 Å². The van der Waals surface area contributed by atoms with Gasteiger partial charge in [-0.3, -0.25) is 14.4 Å². The number of amides is 3. The number of thiophene rings is 1. The van der Waals surface area contributed by atoms with Crippen LogP contribution in [0.5, 0.6) is 0 Å². The zero-order valence-electron chi connectivity index (χ0n) is 29.2. The van der Waals surface area contributed by atoms with Crippen LogP contribution in [-0.4, -0.2) is 65.8 Å². The molecule has 4 rings (SSSR count). The minimum Gasteiger partial charge on any atom is -0.354 e. The molecule has 0 saturated carbocycles. The van der Waals surface area contributed by atoms with Crippen LogP contribution in [0.1, 0.15) is 49.1 Å². The lowest BCUT2D eigenvalue weighted by Crippen LogP contribution is -2.56. The van der Waals surface area contributed by atoms with Gasteiger partial charge >= 0.3 is 0 Å². The number of hydrogen-bond donors (Lipinski definition) is 2. The van der Waals surface area contributed by atoms with E-state index in [9.17, 15) is 14.4 Å². The third kappa shape index (κ3) is 10.7. The summed E-state index contributed by atoms with van der Waals surface area (Å²) < 4.78 is 0. The van der Waals surface area contributed by atoms with E-state index >= 15 is 0 Å². The minimum atomic E-state index is -0.840. The summed E-state index contributed by atoms with van der Waals surface area (Å²) in [5, 5.41) is 5.03. The lowest BCUT2D eigenvalue weighted by Gasteiger charge is -2.34. The van der Waals surface area contributed by atoms with Gasteiger partial charge in [0, 0.05) is 43.9 Å². The fraction of sp³-hybridized carbons (Fsp3) is 0.341. The molecule has 3 N–H and O–H groups in total. The van der Waals surface area contributed by atoms with Gasteiger partial charge in [-0.2, -0.15) is 0 Å². The van der Waals surface area contributed by atoms with Crippen LogP contribution >= 0.6 is 11.3 Å². The number of rotatable bonds is 17. The van der Waals surface area contributed by atoms with Crippen molar-refractivity contribution in [1.82, 2.24) is 15.1 Å². The molecule has 1 aromatic heterocycles. The molecule has 2 unspecified atom stereocenters. The van der Waals surface area contributed by atoms with Crippen LogP contribution < -0.4 is 11.1 Å². The van der Waals surface area contributed by atoms with Crippen molar-refractivity contribution in [3.8, 4) is 11.1 Å². The number of hydrogen-bond acceptors (Lipinski definition) is 5. The standard InChI is InChI=1S/C41H50N4O3S/c1-5-41(42,6-2)26-13-20-38(46)44(3)37(29-32-21-23-34(24-22-32)33-17-11-8-12-18-33)40(48)45(4)36(30-35-19-14-28-49-35)39(47)43-27-25-31-15-9-7-10-16-31/h7-24,28,36-37H,5-6,25-27,29-30,42H2,1-4H3,(H,43,47)/b20-13+. The topological polar surface area (TPSA) is 95.7 Å². The molecular weight excluding hydrogens is 629 g/mol. The molecule has 2 atom stereocenters. The first-order valence-corrected chi connectivity index (χ1v) is 18.0. The highest BCUT2D eigenvalue weighted by Gasteiger charge is 2.35. The maximum absolute atomic E-state index is 14.5. The number of carbonyl (C=O) groups excluding carboxylic acids is 3. The first-order valence-electron chi connectivity index (χ1n) is 17.1. The lowest BCUT2D eigenvalue weighted by molar-refractivity contribution is -0.146. The van der Waals surface area contributed by atoms with Crippen molar-refractivity contribution in [2.75, 3.05) is 20.6 Å². The summed E-state index contributed by atoms with van der Waals surface area (Å²) in [7, 11) is 3.33. The van der Waals surface area contributed by atoms with Crippen molar-refractivity contribution in [2.24, 2.45) is 5.73 Å². The van der Waals surface area contributed by atoms with Gasteiger partial charge in [-0.1, -0.05) is 111 Å². The van der Waals surface area contributed by atoms with E-state index in [4.69, 9.17) is 5.73 Å². The van der Waals surface area contributed by atoms with Crippen molar-refractivity contribution >= 4 is 29.1 Å². The van der Waals surface area contributed by atoms with Crippen LogP contribution in [0.4, 0.5) is 0 Å². The van der Waals surface area contributed by atoms with Gasteiger partial charge in [-0.25, -0.2) is 0 Å². The molecule has 0 saturated heterocycles. The lowest BCUT2D eigenvalue weighted by atomic mass is 9.90. The van der Waals surface area contributed by atoms with E-state index in [0.29, 0.717) is 32.2 Å². The van der Waals surface area contributed by atoms with Crippen LogP contribution in [0, 0.1) is 0 Å². The molecule has 0 bridgehead atoms. The summed E-state index contributed by atoms with van der Waals surface area (Å²) in [6, 6.07) is 30.5. The van der Waals surface area contributed by atoms with Crippen molar-refractivity contribution in [3.63, 3.8) is 0 Å². The summed E-state index contributed by atoms with van der Waals surface area (Å²) in [6.45, 7) is 4.54. The number of nitrogens with two attached hydrogens (primary N) is 1. The molecule has 3 aromatic carbocycles. The highest BCUT2D eigenvalue weighted by atomic mass is 32.1. The van der Waals surface area contributed by atoms with Crippen LogP contribution in [0.15, 0.2) is 115 Å². The van der Waals surface area contributed by atoms with Crippen molar-refractivity contribution < 1.29 is 14.4 Å². The summed E-state index contributed by atoms with van der Waals surface area (Å²) in [4.78, 5) is 45.8. The van der Waals surface area contributed by atoms with E-state index in [2.05, 4.69) is 17.4 Å². The first kappa shape index (κ1) is 37.3. The number of nitrogens with zero attached hydrogens (tertiary/aromatic N) is 2. The molecule has 0 fully saturated rings. The number of likely N-dealkylation sites (N-methyl/N-ethyl adjacent to an activating group) is 2. The second-order valence-electron chi connectivity index (χ2n) is 12.7. The Labute approximate surface area is 295 Å². The molecule has 7 nitrogen and oxygen atoms in total. The Morgan fingerprint density at radius 1 is 0.776 bits per heavy atom. The van der Waals surface area contributed by atoms with E-state index in [0.717, 1.165) is 40.0 Å². The fourth-order valence-corrected chi connectivity index (χ4v) is 6.53. The van der Waals surface area contributed by atoms with E-state index in [1.165, 1.54) is 15.9 Å². The van der Waals surface area contributed by atoms with E-state index in [1.54, 1.807) is 25.4 Å². The van der Waals surface area contributed by atoms with Crippen LogP contribution in [0.3, 0.4) is 0 Å². The maximum atomic E-state index is 14.5. The SMILES string of the molecule is CCC(N)(CC)C/C=C/C(=O)N(C)C(Cc1ccc(-c2ccccc2)cc1)C(=O)N(C)C(Cc1cccs1)C(=O)NCCc1ccccc1. The molecule has 4 aromatic rings. The highest BCUT2D eigenvalue weighted by molar-refractivity contribution is 7.09. The van der Waals surface area contributed by atoms with Gasteiger partial charge in [0.05, 0.1) is 0 Å². The molecule has 8 heteroatoms. The number of benzene rings is 3. The summed E-state index contributed by atoms with van der Waals surface area (Å²) in [5.74, 6) is -0.811. The second kappa shape index (κ2) is 18.3. The van der Waals surface area contributed by atoms with Gasteiger partial charge in [0.1, 0.15) is 12.1 Å². The smallest absolute Gasteiger partial charge is 0.246 e. The molecule has 3 amide bonds. The Balaban J connectivity index is 1.58. The molecular formula is C41H50N4O3S. The summed E-state index contributed by atoms with van der Waals surface area (Å²) in [5.41, 5.74) is 10.3. The van der Waals surface area contributed by atoms with Crippen molar-refractivity contribution in [2.45, 2.75) is 70.0 Å². The third-order valence-electron chi connectivity index (χ3n) is 9.43. The van der Waals surface area contributed by atoms with E-state index in [1.807, 2.05) is 110 Å². The Kier molecular flexibility index (Phi) is 13.9. The van der Waals surface area contributed by atoms with Crippen LogP contribution in [0.2, 0.25) is 0 Å². The predicted octanol–water partition coefficient (Wildman–Crippen LogP) is 6.68. The van der Waals surface area contributed by atoms with Crippen LogP contribution in [0.25, 0.3) is 11.1 Å². The summed E-state index contributed by atoms with van der Waals surface area (Å²) in [6.07, 6.45) is 6.83. The molecule has 258 valence electrons. The second-order valence-corrected chi connectivity index (χ2v) is 13.7. The Morgan fingerprint density at radius 3 is 2.02 bits per heavy atom. The van der Waals surface area contributed by atoms with Gasteiger partial charge in [-0.15, -0.1) is 11.3 Å². The Hall–Kier alpha value is -4.53. The van der Waals surface area contributed by atoms with E-state index < -0.39 is 12.1 Å². The minimum absolute atomic E-state index is 0.224. The van der Waals surface area contributed by atoms with Gasteiger partial charge in [0.2, 0.25) is 17.7 Å². The zero-order chi connectivity index (χ0) is 35.2. The number of carbonyl (C=O) groups is 3. The van der Waals surface area contributed by atoms with Gasteiger partial charge in [0.25, 0.3) is 0 Å². The van der Waals surface area contributed by atoms with Crippen molar-refractivity contribution in [1.29, 1.82) is 0 Å². The molecule has 0 spiro atoms. The highest BCUT2D eigenvalue weighted by Crippen LogP contribution is 2.22. The molecule has 0 aliphatic carbocycles. The molecule has 0 aliphatic rings. The third-order valence-corrected chi connectivity index (χ3v) is 10.3. The summed E-state index contributed by atoms with van der Waals surface area (Å²) >= 11 is 1.55. The zero-order valence-corrected chi connectivity index (χ0v) is 30.0. The normalized spacial score (nSPS) is 12.8. The Bertz CT molecular complexity index is 1640. The molecule has 49 heavy (non-hydrogen) atoms. The van der Waals surface area contributed by atoms with Gasteiger partial charge < -0.3 is 20.9 Å². The average Bonchev–Trinajstić information content (AvgIpc) is 3.66. The maximum Gasteiger partial charge on any atom is 0.246 e.